The number of aliphatic hydroxyl groups excluding tert-OH is 1. The van der Waals surface area contributed by atoms with E-state index >= 15 is 0 Å². The summed E-state index contributed by atoms with van der Waals surface area (Å²) in [5.41, 5.74) is 6.31. The van der Waals surface area contributed by atoms with E-state index in [1.807, 2.05) is 65.8 Å². The van der Waals surface area contributed by atoms with Crippen LogP contribution in [0.2, 0.25) is 0 Å². The fourth-order valence-electron chi connectivity index (χ4n) is 3.25. The number of rotatable bonds is 3. The number of nitrogens with one attached hydrogen (secondary N) is 1. The number of fused-ring (bicyclic) bond motifs is 1. The summed E-state index contributed by atoms with van der Waals surface area (Å²) in [6.45, 7) is 13.4. The molecular weight excluding hydrogens is 352 g/mol. The SMILES string of the molecule is CC.CC.COC(=O)C(O)c1c(C)nc2c(c1-c1ccc(C)cc1)CNCC2. The molecule has 154 valence electrons. The zero-order valence-corrected chi connectivity index (χ0v) is 18.2. The van der Waals surface area contributed by atoms with Gasteiger partial charge in [0.1, 0.15) is 0 Å². The minimum Gasteiger partial charge on any atom is -0.467 e. The zero-order valence-electron chi connectivity index (χ0n) is 18.2. The molecule has 5 heteroatoms. The van der Waals surface area contributed by atoms with Crippen LogP contribution in [-0.4, -0.2) is 29.7 Å². The van der Waals surface area contributed by atoms with Crippen LogP contribution < -0.4 is 5.32 Å². The second-order valence-corrected chi connectivity index (χ2v) is 6.13. The lowest BCUT2D eigenvalue weighted by molar-refractivity contribution is -0.150. The molecule has 0 aliphatic carbocycles. The smallest absolute Gasteiger partial charge is 0.339 e. The van der Waals surface area contributed by atoms with Crippen LogP contribution in [0.1, 0.15) is 61.9 Å². The van der Waals surface area contributed by atoms with E-state index in [0.29, 0.717) is 17.8 Å². The number of carbonyl (C=O) groups excluding carboxylic acids is 1. The van der Waals surface area contributed by atoms with E-state index in [1.54, 1.807) is 0 Å². The predicted molar refractivity (Wildman–Crippen MR) is 114 cm³/mol. The van der Waals surface area contributed by atoms with Gasteiger partial charge in [-0.05, 0) is 30.5 Å². The summed E-state index contributed by atoms with van der Waals surface area (Å²) in [7, 11) is 1.28. The number of methoxy groups -OCH3 is 1. The van der Waals surface area contributed by atoms with Crippen molar-refractivity contribution in [1.29, 1.82) is 0 Å². The van der Waals surface area contributed by atoms with Gasteiger partial charge in [0.2, 0.25) is 0 Å². The van der Waals surface area contributed by atoms with Crippen LogP contribution >= 0.6 is 0 Å². The van der Waals surface area contributed by atoms with Crippen molar-refractivity contribution in [3.63, 3.8) is 0 Å². The van der Waals surface area contributed by atoms with Gasteiger partial charge in [0, 0.05) is 36.5 Å². The molecule has 0 radical (unpaired) electrons. The Morgan fingerprint density at radius 1 is 1.14 bits per heavy atom. The topological polar surface area (TPSA) is 71.5 Å². The van der Waals surface area contributed by atoms with Crippen LogP contribution in [0.5, 0.6) is 0 Å². The molecule has 1 aliphatic heterocycles. The molecule has 1 aromatic carbocycles. The third kappa shape index (κ3) is 5.18. The molecule has 0 spiro atoms. The number of ether oxygens (including phenoxy) is 1. The summed E-state index contributed by atoms with van der Waals surface area (Å²) < 4.78 is 4.74. The van der Waals surface area contributed by atoms with Gasteiger partial charge in [-0.15, -0.1) is 0 Å². The summed E-state index contributed by atoms with van der Waals surface area (Å²) in [6.07, 6.45) is -0.505. The van der Waals surface area contributed by atoms with Gasteiger partial charge < -0.3 is 15.2 Å². The van der Waals surface area contributed by atoms with Gasteiger partial charge in [0.25, 0.3) is 0 Å². The van der Waals surface area contributed by atoms with Crippen LogP contribution in [0.4, 0.5) is 0 Å². The van der Waals surface area contributed by atoms with Crippen LogP contribution in [0.3, 0.4) is 0 Å². The standard InChI is InChI=1S/C19H22N2O3.2C2H6/c1-11-4-6-13(7-5-11)17-14-10-20-9-8-15(14)21-12(2)16(17)18(22)19(23)24-3;2*1-2/h4-7,18,20,22H,8-10H2,1-3H3;2*1-2H3. The molecule has 3 rings (SSSR count). The maximum atomic E-state index is 12.0. The number of benzene rings is 1. The predicted octanol–water partition coefficient (Wildman–Crippen LogP) is 4.27. The Morgan fingerprint density at radius 3 is 2.32 bits per heavy atom. The Balaban J connectivity index is 0.000000921. The van der Waals surface area contributed by atoms with E-state index in [2.05, 4.69) is 10.3 Å². The second-order valence-electron chi connectivity index (χ2n) is 6.13. The van der Waals surface area contributed by atoms with Crippen LogP contribution in [-0.2, 0) is 22.5 Å². The van der Waals surface area contributed by atoms with Crippen LogP contribution in [0.25, 0.3) is 11.1 Å². The number of esters is 1. The number of aliphatic hydroxyl groups is 1. The van der Waals surface area contributed by atoms with E-state index in [1.165, 1.54) is 7.11 Å². The van der Waals surface area contributed by atoms with Crippen LogP contribution in [0, 0.1) is 13.8 Å². The maximum Gasteiger partial charge on any atom is 0.339 e. The number of aromatic nitrogens is 1. The number of pyridine rings is 1. The summed E-state index contributed by atoms with van der Waals surface area (Å²) >= 11 is 0. The first-order chi connectivity index (χ1) is 13.5. The first kappa shape index (κ1) is 23.8. The molecule has 2 N–H and O–H groups in total. The zero-order chi connectivity index (χ0) is 21.3. The summed E-state index contributed by atoms with van der Waals surface area (Å²) in [4.78, 5) is 16.6. The molecule has 2 aromatic rings. The molecule has 0 saturated heterocycles. The lowest BCUT2D eigenvalue weighted by Gasteiger charge is -2.25. The van der Waals surface area contributed by atoms with Crippen molar-refractivity contribution in [3.05, 3.63) is 52.3 Å². The first-order valence-electron chi connectivity index (χ1n) is 10.1. The van der Waals surface area contributed by atoms with Crippen molar-refractivity contribution in [3.8, 4) is 11.1 Å². The summed E-state index contributed by atoms with van der Waals surface area (Å²) in [6, 6.07) is 8.10. The minimum absolute atomic E-state index is 0.535. The van der Waals surface area contributed by atoms with E-state index in [0.717, 1.165) is 40.9 Å². The molecular formula is C23H34N2O3. The van der Waals surface area contributed by atoms with Gasteiger partial charge in [-0.3, -0.25) is 4.98 Å². The average molecular weight is 387 g/mol. The Bertz CT molecular complexity index is 770. The van der Waals surface area contributed by atoms with Gasteiger partial charge in [-0.2, -0.15) is 0 Å². The molecule has 28 heavy (non-hydrogen) atoms. The van der Waals surface area contributed by atoms with E-state index in [-0.39, 0.29) is 0 Å². The van der Waals surface area contributed by atoms with Gasteiger partial charge in [-0.1, -0.05) is 57.5 Å². The number of nitrogens with zero attached hydrogens (tertiary/aromatic N) is 1. The third-order valence-electron chi connectivity index (χ3n) is 4.49. The third-order valence-corrected chi connectivity index (χ3v) is 4.49. The quantitative estimate of drug-likeness (QED) is 0.771. The van der Waals surface area contributed by atoms with Crippen molar-refractivity contribution >= 4 is 5.97 Å². The molecule has 1 aliphatic rings. The highest BCUT2D eigenvalue weighted by molar-refractivity contribution is 5.83. The van der Waals surface area contributed by atoms with Crippen LogP contribution in [0.15, 0.2) is 24.3 Å². The summed E-state index contributed by atoms with van der Waals surface area (Å²) in [5.74, 6) is -0.669. The number of aryl methyl sites for hydroxylation is 2. The second kappa shape index (κ2) is 11.6. The Hall–Kier alpha value is -2.24. The molecule has 1 atom stereocenters. The van der Waals surface area contributed by atoms with Crippen molar-refractivity contribution in [2.45, 2.75) is 60.6 Å². The number of hydrogen-bond acceptors (Lipinski definition) is 5. The molecule has 1 aromatic heterocycles. The Kier molecular flexibility index (Phi) is 9.83. The highest BCUT2D eigenvalue weighted by atomic mass is 16.5. The van der Waals surface area contributed by atoms with E-state index in [4.69, 9.17) is 4.74 Å². The van der Waals surface area contributed by atoms with Crippen molar-refractivity contribution in [2.75, 3.05) is 13.7 Å². The molecule has 0 amide bonds. The molecule has 2 heterocycles. The van der Waals surface area contributed by atoms with Gasteiger partial charge >= 0.3 is 5.97 Å². The van der Waals surface area contributed by atoms with E-state index in [9.17, 15) is 9.90 Å². The number of carbonyl (C=O) groups is 1. The molecule has 0 bridgehead atoms. The normalized spacial score (nSPS) is 13.1. The monoisotopic (exact) mass is 386 g/mol. The summed E-state index contributed by atoms with van der Waals surface area (Å²) in [5, 5.41) is 13.9. The maximum absolute atomic E-state index is 12.0. The molecule has 0 fully saturated rings. The highest BCUT2D eigenvalue weighted by Crippen LogP contribution is 2.36. The fraction of sp³-hybridized carbons (Fsp3) is 0.478. The number of hydrogen-bond donors (Lipinski definition) is 2. The van der Waals surface area contributed by atoms with Gasteiger partial charge in [0.05, 0.1) is 7.11 Å². The Labute approximate surface area is 169 Å². The van der Waals surface area contributed by atoms with Gasteiger partial charge in [0.15, 0.2) is 6.10 Å². The largest absolute Gasteiger partial charge is 0.467 e. The average Bonchev–Trinajstić information content (AvgIpc) is 2.75. The fourth-order valence-corrected chi connectivity index (χ4v) is 3.25. The molecule has 1 unspecified atom stereocenters. The molecule has 0 saturated carbocycles. The van der Waals surface area contributed by atoms with E-state index < -0.39 is 12.1 Å². The van der Waals surface area contributed by atoms with Crippen molar-refractivity contribution in [2.24, 2.45) is 0 Å². The van der Waals surface area contributed by atoms with Gasteiger partial charge in [-0.25, -0.2) is 4.79 Å². The highest BCUT2D eigenvalue weighted by Gasteiger charge is 2.29. The van der Waals surface area contributed by atoms with Crippen molar-refractivity contribution < 1.29 is 14.6 Å². The Morgan fingerprint density at radius 2 is 1.75 bits per heavy atom. The lowest BCUT2D eigenvalue weighted by atomic mass is 9.87. The van der Waals surface area contributed by atoms with Crippen molar-refractivity contribution in [1.82, 2.24) is 10.3 Å². The molecule has 5 nitrogen and oxygen atoms in total. The lowest BCUT2D eigenvalue weighted by Crippen LogP contribution is -2.27. The first-order valence-corrected chi connectivity index (χ1v) is 10.1. The minimum atomic E-state index is -1.34.